The standard InChI is InChI=1S/C16H26N2O5/c1-15(2,3)23-14(22)17-9-16(4,5)18-8-10-6-7-11(19)13(21)12(10)20/h6-7,18-21H,8-9H2,1-5H3,(H,17,22). The maximum absolute atomic E-state index is 11.7. The molecule has 0 saturated carbocycles. The number of ether oxygens (including phenoxy) is 1. The molecule has 0 fully saturated rings. The van der Waals surface area contributed by atoms with Crippen LogP contribution in [0.3, 0.4) is 0 Å². The van der Waals surface area contributed by atoms with Crippen molar-refractivity contribution in [1.29, 1.82) is 0 Å². The van der Waals surface area contributed by atoms with Crippen LogP contribution in [-0.2, 0) is 11.3 Å². The number of phenols is 3. The second kappa shape index (κ2) is 6.95. The maximum Gasteiger partial charge on any atom is 0.407 e. The topological polar surface area (TPSA) is 111 Å². The van der Waals surface area contributed by atoms with Gasteiger partial charge in [0.1, 0.15) is 5.60 Å². The number of rotatable bonds is 5. The van der Waals surface area contributed by atoms with Gasteiger partial charge in [0.2, 0.25) is 5.75 Å². The van der Waals surface area contributed by atoms with E-state index in [0.717, 1.165) is 0 Å². The Kier molecular flexibility index (Phi) is 5.71. The van der Waals surface area contributed by atoms with E-state index in [9.17, 15) is 20.1 Å². The molecule has 0 aliphatic carbocycles. The lowest BCUT2D eigenvalue weighted by Gasteiger charge is -2.28. The molecule has 0 saturated heterocycles. The molecule has 23 heavy (non-hydrogen) atoms. The lowest BCUT2D eigenvalue weighted by atomic mass is 10.0. The predicted octanol–water partition coefficient (Wildman–Crippen LogP) is 2.20. The van der Waals surface area contributed by atoms with Crippen LogP contribution in [0.5, 0.6) is 17.2 Å². The first-order chi connectivity index (χ1) is 10.4. The second-order valence-corrected chi connectivity index (χ2v) is 7.03. The molecule has 0 aliphatic heterocycles. The van der Waals surface area contributed by atoms with Gasteiger partial charge in [0.05, 0.1) is 0 Å². The van der Waals surface area contributed by atoms with Gasteiger partial charge >= 0.3 is 6.09 Å². The Labute approximate surface area is 136 Å². The molecule has 7 heteroatoms. The van der Waals surface area contributed by atoms with Gasteiger partial charge in [-0.2, -0.15) is 0 Å². The summed E-state index contributed by atoms with van der Waals surface area (Å²) in [4.78, 5) is 11.7. The van der Waals surface area contributed by atoms with E-state index < -0.39 is 23.0 Å². The van der Waals surface area contributed by atoms with Crippen molar-refractivity contribution in [3.8, 4) is 17.2 Å². The molecule has 0 unspecified atom stereocenters. The van der Waals surface area contributed by atoms with Crippen LogP contribution < -0.4 is 10.6 Å². The fraction of sp³-hybridized carbons (Fsp3) is 0.562. The second-order valence-electron chi connectivity index (χ2n) is 7.03. The zero-order valence-electron chi connectivity index (χ0n) is 14.2. The third kappa shape index (κ3) is 6.23. The van der Waals surface area contributed by atoms with Crippen LogP contribution in [-0.4, -0.2) is 39.1 Å². The van der Waals surface area contributed by atoms with Crippen LogP contribution >= 0.6 is 0 Å². The molecule has 1 aromatic rings. The van der Waals surface area contributed by atoms with Gasteiger partial charge in [-0.15, -0.1) is 0 Å². The molecule has 0 atom stereocenters. The Morgan fingerprint density at radius 3 is 2.26 bits per heavy atom. The quantitative estimate of drug-likeness (QED) is 0.531. The van der Waals surface area contributed by atoms with Crippen molar-refractivity contribution in [1.82, 2.24) is 10.6 Å². The number of aromatic hydroxyl groups is 3. The third-order valence-electron chi connectivity index (χ3n) is 3.04. The predicted molar refractivity (Wildman–Crippen MR) is 86.6 cm³/mol. The van der Waals surface area contributed by atoms with E-state index in [2.05, 4.69) is 10.6 Å². The fourth-order valence-corrected chi connectivity index (χ4v) is 1.76. The van der Waals surface area contributed by atoms with Gasteiger partial charge < -0.3 is 30.7 Å². The van der Waals surface area contributed by atoms with Crippen molar-refractivity contribution < 1.29 is 24.9 Å². The zero-order chi connectivity index (χ0) is 17.8. The number of hydrogen-bond acceptors (Lipinski definition) is 6. The molecule has 0 aromatic heterocycles. The summed E-state index contributed by atoms with van der Waals surface area (Å²) in [7, 11) is 0. The summed E-state index contributed by atoms with van der Waals surface area (Å²) in [6.45, 7) is 9.68. The molecule has 5 N–H and O–H groups in total. The number of hydrogen-bond donors (Lipinski definition) is 5. The number of benzene rings is 1. The normalized spacial score (nSPS) is 12.0. The molecule has 1 amide bonds. The number of carbonyl (C=O) groups excluding carboxylic acids is 1. The number of nitrogens with one attached hydrogen (secondary N) is 2. The average molecular weight is 326 g/mol. The molecule has 1 aromatic carbocycles. The van der Waals surface area contributed by atoms with Crippen LogP contribution in [0.1, 0.15) is 40.2 Å². The minimum atomic E-state index is -0.559. The van der Waals surface area contributed by atoms with E-state index >= 15 is 0 Å². The molecule has 0 aliphatic rings. The largest absolute Gasteiger partial charge is 0.504 e. The highest BCUT2D eigenvalue weighted by atomic mass is 16.6. The van der Waals surface area contributed by atoms with E-state index in [-0.39, 0.29) is 18.0 Å². The number of carbonyl (C=O) groups is 1. The summed E-state index contributed by atoms with van der Waals surface area (Å²) in [5.74, 6) is -1.29. The Morgan fingerprint density at radius 1 is 1.09 bits per heavy atom. The molecule has 0 bridgehead atoms. The van der Waals surface area contributed by atoms with Crippen molar-refractivity contribution in [3.63, 3.8) is 0 Å². The molecule has 0 spiro atoms. The SMILES string of the molecule is CC(C)(CNC(=O)OC(C)(C)C)NCc1ccc(O)c(O)c1O. The van der Waals surface area contributed by atoms with Gasteiger partial charge in [0.25, 0.3) is 0 Å². The van der Waals surface area contributed by atoms with E-state index in [1.54, 1.807) is 20.8 Å². The van der Waals surface area contributed by atoms with E-state index in [1.807, 2.05) is 13.8 Å². The average Bonchev–Trinajstić information content (AvgIpc) is 2.40. The Morgan fingerprint density at radius 2 is 1.70 bits per heavy atom. The highest BCUT2D eigenvalue weighted by Gasteiger charge is 2.22. The maximum atomic E-state index is 11.7. The lowest BCUT2D eigenvalue weighted by Crippen LogP contribution is -2.49. The molecule has 0 heterocycles. The monoisotopic (exact) mass is 326 g/mol. The van der Waals surface area contributed by atoms with Gasteiger partial charge in [-0.25, -0.2) is 4.79 Å². The van der Waals surface area contributed by atoms with Crippen LogP contribution in [0.15, 0.2) is 12.1 Å². The summed E-state index contributed by atoms with van der Waals surface area (Å²) in [6, 6.07) is 2.81. The zero-order valence-corrected chi connectivity index (χ0v) is 14.2. The van der Waals surface area contributed by atoms with Crippen molar-refractivity contribution in [2.24, 2.45) is 0 Å². The highest BCUT2D eigenvalue weighted by molar-refractivity contribution is 5.67. The van der Waals surface area contributed by atoms with E-state index in [4.69, 9.17) is 4.74 Å². The van der Waals surface area contributed by atoms with Crippen molar-refractivity contribution in [2.45, 2.75) is 52.3 Å². The van der Waals surface area contributed by atoms with Gasteiger partial charge in [-0.05, 0) is 40.7 Å². The summed E-state index contributed by atoms with van der Waals surface area (Å²) in [5.41, 5.74) is -0.598. The summed E-state index contributed by atoms with van der Waals surface area (Å²) < 4.78 is 5.17. The van der Waals surface area contributed by atoms with E-state index in [0.29, 0.717) is 12.1 Å². The molecular weight excluding hydrogens is 300 g/mol. The molecule has 0 radical (unpaired) electrons. The molecule has 130 valence electrons. The van der Waals surface area contributed by atoms with Crippen LogP contribution in [0.2, 0.25) is 0 Å². The van der Waals surface area contributed by atoms with Crippen LogP contribution in [0.4, 0.5) is 4.79 Å². The van der Waals surface area contributed by atoms with E-state index in [1.165, 1.54) is 12.1 Å². The third-order valence-corrected chi connectivity index (χ3v) is 3.04. The van der Waals surface area contributed by atoms with Gasteiger partial charge in [0, 0.05) is 24.2 Å². The smallest absolute Gasteiger partial charge is 0.407 e. The summed E-state index contributed by atoms with van der Waals surface area (Å²) in [6.07, 6.45) is -0.502. The summed E-state index contributed by atoms with van der Waals surface area (Å²) in [5, 5.41) is 34.4. The first-order valence-corrected chi connectivity index (χ1v) is 7.36. The number of phenolic OH excluding ortho intramolecular Hbond substituents is 3. The van der Waals surface area contributed by atoms with Crippen molar-refractivity contribution >= 4 is 6.09 Å². The van der Waals surface area contributed by atoms with Crippen molar-refractivity contribution in [3.05, 3.63) is 17.7 Å². The van der Waals surface area contributed by atoms with Gasteiger partial charge in [-0.3, -0.25) is 0 Å². The Hall–Kier alpha value is -2.15. The van der Waals surface area contributed by atoms with Gasteiger partial charge in [-0.1, -0.05) is 6.07 Å². The van der Waals surface area contributed by atoms with Crippen molar-refractivity contribution in [2.75, 3.05) is 6.54 Å². The molecule has 7 nitrogen and oxygen atoms in total. The van der Waals surface area contributed by atoms with Crippen LogP contribution in [0, 0.1) is 0 Å². The Bertz CT molecular complexity index is 564. The first-order valence-electron chi connectivity index (χ1n) is 7.36. The van der Waals surface area contributed by atoms with Crippen LogP contribution in [0.25, 0.3) is 0 Å². The minimum absolute atomic E-state index is 0.253. The number of alkyl carbamates (subject to hydrolysis) is 1. The minimum Gasteiger partial charge on any atom is -0.504 e. The first kappa shape index (κ1) is 18.9. The Balaban J connectivity index is 2.56. The number of amides is 1. The fourth-order valence-electron chi connectivity index (χ4n) is 1.76. The van der Waals surface area contributed by atoms with Gasteiger partial charge in [0.15, 0.2) is 11.5 Å². The molecule has 1 rings (SSSR count). The highest BCUT2D eigenvalue weighted by Crippen LogP contribution is 2.36. The summed E-state index contributed by atoms with van der Waals surface area (Å²) >= 11 is 0. The molecular formula is C16H26N2O5. The lowest BCUT2D eigenvalue weighted by molar-refractivity contribution is 0.0513.